The number of nitrogen functional groups attached to an aromatic ring is 1. The van der Waals surface area contributed by atoms with Crippen molar-refractivity contribution in [1.29, 1.82) is 5.26 Å². The molecule has 7 nitrogen and oxygen atoms in total. The quantitative estimate of drug-likeness (QED) is 0.678. The van der Waals surface area contributed by atoms with Crippen LogP contribution in [0.4, 0.5) is 11.4 Å². The molecule has 1 aromatic carbocycles. The number of rotatable bonds is 8. The molecule has 0 heterocycles. The Bertz CT molecular complexity index is 610. The van der Waals surface area contributed by atoms with Gasteiger partial charge in [-0.2, -0.15) is 5.26 Å². The van der Waals surface area contributed by atoms with Crippen molar-refractivity contribution in [3.8, 4) is 6.07 Å². The summed E-state index contributed by atoms with van der Waals surface area (Å²) in [5, 5.41) is 8.71. The van der Waals surface area contributed by atoms with Crippen molar-refractivity contribution in [2.24, 2.45) is 0 Å². The lowest BCUT2D eigenvalue weighted by Crippen LogP contribution is -2.29. The minimum atomic E-state index is -3.52. The zero-order valence-electron chi connectivity index (χ0n) is 12.2. The van der Waals surface area contributed by atoms with E-state index in [2.05, 4.69) is 10.8 Å². The van der Waals surface area contributed by atoms with Gasteiger partial charge in [0.05, 0.1) is 35.4 Å². The van der Waals surface area contributed by atoms with E-state index >= 15 is 0 Å². The lowest BCUT2D eigenvalue weighted by molar-refractivity contribution is 0.205. The Hall–Kier alpha value is -1.82. The third-order valence-corrected chi connectivity index (χ3v) is 4.39. The van der Waals surface area contributed by atoms with Gasteiger partial charge in [-0.15, -0.1) is 0 Å². The van der Waals surface area contributed by atoms with Crippen LogP contribution in [-0.2, 0) is 14.8 Å². The highest BCUT2D eigenvalue weighted by atomic mass is 32.2. The number of anilines is 2. The van der Waals surface area contributed by atoms with Crippen molar-refractivity contribution in [1.82, 2.24) is 4.72 Å². The van der Waals surface area contributed by atoms with Crippen LogP contribution in [0.5, 0.6) is 0 Å². The molecule has 116 valence electrons. The van der Waals surface area contributed by atoms with Crippen LogP contribution in [0.2, 0.25) is 0 Å². The summed E-state index contributed by atoms with van der Waals surface area (Å²) >= 11 is 0. The molecule has 0 aliphatic heterocycles. The molecule has 8 heteroatoms. The van der Waals surface area contributed by atoms with Gasteiger partial charge < -0.3 is 15.4 Å². The first kappa shape index (κ1) is 17.2. The van der Waals surface area contributed by atoms with E-state index in [0.29, 0.717) is 37.5 Å². The van der Waals surface area contributed by atoms with Crippen LogP contribution >= 0.6 is 0 Å². The Kier molecular flexibility index (Phi) is 6.42. The summed E-state index contributed by atoms with van der Waals surface area (Å²) in [5.41, 5.74) is 7.00. The maximum absolute atomic E-state index is 11.7. The lowest BCUT2D eigenvalue weighted by atomic mass is 10.2. The van der Waals surface area contributed by atoms with Gasteiger partial charge >= 0.3 is 0 Å². The summed E-state index contributed by atoms with van der Waals surface area (Å²) in [5.74, 6) is 0. The zero-order chi connectivity index (χ0) is 15.9. The van der Waals surface area contributed by atoms with Gasteiger partial charge in [-0.1, -0.05) is 0 Å². The molecule has 0 unspecified atom stereocenters. The smallest absolute Gasteiger partial charge is 0.240 e. The first-order valence-corrected chi connectivity index (χ1v) is 7.88. The highest BCUT2D eigenvalue weighted by Gasteiger charge is 2.15. The predicted octanol–water partition coefficient (Wildman–Crippen LogP) is 0.543. The minimum Gasteiger partial charge on any atom is -0.397 e. The molecule has 21 heavy (non-hydrogen) atoms. The number of sulfonamides is 1. The van der Waals surface area contributed by atoms with E-state index in [1.807, 2.05) is 4.90 Å². The molecule has 0 radical (unpaired) electrons. The average molecular weight is 312 g/mol. The van der Waals surface area contributed by atoms with Gasteiger partial charge in [-0.3, -0.25) is 0 Å². The molecular formula is C13H20N4O3S. The van der Waals surface area contributed by atoms with Crippen LogP contribution in [0, 0.1) is 11.3 Å². The summed E-state index contributed by atoms with van der Waals surface area (Å²) in [6, 6.07) is 6.62. The van der Waals surface area contributed by atoms with Crippen molar-refractivity contribution in [3.63, 3.8) is 0 Å². The van der Waals surface area contributed by atoms with Crippen LogP contribution in [-0.4, -0.2) is 42.3 Å². The van der Waals surface area contributed by atoms with Gasteiger partial charge in [0.25, 0.3) is 0 Å². The van der Waals surface area contributed by atoms with E-state index in [9.17, 15) is 8.42 Å². The van der Waals surface area contributed by atoms with Gasteiger partial charge in [0.2, 0.25) is 10.0 Å². The van der Waals surface area contributed by atoms with Crippen molar-refractivity contribution >= 4 is 21.4 Å². The first-order valence-electron chi connectivity index (χ1n) is 6.40. The largest absolute Gasteiger partial charge is 0.397 e. The SMILES string of the molecule is CNS(=O)(=O)c1ccc(N(CCC#N)CCOC)c(N)c1. The Labute approximate surface area is 125 Å². The van der Waals surface area contributed by atoms with Gasteiger partial charge in [-0.05, 0) is 25.2 Å². The summed E-state index contributed by atoms with van der Waals surface area (Å²) in [6.45, 7) is 1.56. The first-order chi connectivity index (χ1) is 9.96. The molecule has 0 aromatic heterocycles. The molecule has 0 saturated carbocycles. The van der Waals surface area contributed by atoms with E-state index < -0.39 is 10.0 Å². The number of nitrogens with two attached hydrogens (primary N) is 1. The van der Waals surface area contributed by atoms with Crippen molar-refractivity contribution in [2.45, 2.75) is 11.3 Å². The molecule has 1 aromatic rings. The molecule has 1 rings (SSSR count). The third kappa shape index (κ3) is 4.60. The summed E-state index contributed by atoms with van der Waals surface area (Å²) in [4.78, 5) is 2.01. The normalized spacial score (nSPS) is 11.1. The Morgan fingerprint density at radius 2 is 2.14 bits per heavy atom. The molecule has 0 spiro atoms. The number of hydrogen-bond acceptors (Lipinski definition) is 6. The Morgan fingerprint density at radius 1 is 1.43 bits per heavy atom. The van der Waals surface area contributed by atoms with Gasteiger partial charge in [-0.25, -0.2) is 13.1 Å². The molecule has 0 fully saturated rings. The van der Waals surface area contributed by atoms with E-state index in [-0.39, 0.29) is 4.90 Å². The highest BCUT2D eigenvalue weighted by Crippen LogP contribution is 2.26. The topological polar surface area (TPSA) is 108 Å². The lowest BCUT2D eigenvalue weighted by Gasteiger charge is -2.25. The molecule has 0 aliphatic rings. The maximum atomic E-state index is 11.7. The fourth-order valence-electron chi connectivity index (χ4n) is 1.84. The molecule has 0 aliphatic carbocycles. The zero-order valence-corrected chi connectivity index (χ0v) is 13.0. The summed E-state index contributed by atoms with van der Waals surface area (Å²) < 4.78 is 30.7. The number of benzene rings is 1. The number of methoxy groups -OCH3 is 1. The van der Waals surface area contributed by atoms with Gasteiger partial charge in [0.1, 0.15) is 0 Å². The van der Waals surface area contributed by atoms with E-state index in [4.69, 9.17) is 15.7 Å². The molecule has 0 bridgehead atoms. The number of nitrogens with one attached hydrogen (secondary N) is 1. The van der Waals surface area contributed by atoms with Crippen molar-refractivity contribution in [3.05, 3.63) is 18.2 Å². The van der Waals surface area contributed by atoms with Gasteiger partial charge in [0.15, 0.2) is 0 Å². The summed E-state index contributed by atoms with van der Waals surface area (Å²) in [6.07, 6.45) is 0.347. The predicted molar refractivity (Wildman–Crippen MR) is 81.4 cm³/mol. The number of hydrogen-bond donors (Lipinski definition) is 2. The maximum Gasteiger partial charge on any atom is 0.240 e. The van der Waals surface area contributed by atoms with Gasteiger partial charge in [0, 0.05) is 20.2 Å². The van der Waals surface area contributed by atoms with E-state index in [1.54, 1.807) is 13.2 Å². The van der Waals surface area contributed by atoms with E-state index in [0.717, 1.165) is 0 Å². The molecule has 0 atom stereocenters. The Morgan fingerprint density at radius 3 is 2.67 bits per heavy atom. The number of nitriles is 1. The monoisotopic (exact) mass is 312 g/mol. The van der Waals surface area contributed by atoms with E-state index in [1.165, 1.54) is 19.2 Å². The number of nitrogens with zero attached hydrogens (tertiary/aromatic N) is 2. The van der Waals surface area contributed by atoms with Crippen LogP contribution in [0.15, 0.2) is 23.1 Å². The third-order valence-electron chi connectivity index (χ3n) is 2.98. The Balaban J connectivity index is 3.07. The standard InChI is InChI=1S/C13H20N4O3S/c1-16-21(18,19)11-4-5-13(12(15)10-11)17(7-3-6-14)8-9-20-2/h4-5,10,16H,3,7-9,15H2,1-2H3. The molecular weight excluding hydrogens is 292 g/mol. The molecule has 0 saturated heterocycles. The van der Waals surface area contributed by atoms with Crippen LogP contribution in [0.3, 0.4) is 0 Å². The molecule has 3 N–H and O–H groups in total. The average Bonchev–Trinajstić information content (AvgIpc) is 2.48. The fraction of sp³-hybridized carbons (Fsp3) is 0.462. The number of ether oxygens (including phenoxy) is 1. The second kappa shape index (κ2) is 7.83. The van der Waals surface area contributed by atoms with Crippen molar-refractivity contribution in [2.75, 3.05) is 44.5 Å². The van der Waals surface area contributed by atoms with Crippen LogP contribution in [0.1, 0.15) is 6.42 Å². The second-order valence-corrected chi connectivity index (χ2v) is 6.20. The minimum absolute atomic E-state index is 0.109. The highest BCUT2D eigenvalue weighted by molar-refractivity contribution is 7.89. The van der Waals surface area contributed by atoms with Crippen molar-refractivity contribution < 1.29 is 13.2 Å². The van der Waals surface area contributed by atoms with Crippen LogP contribution < -0.4 is 15.4 Å². The molecule has 0 amide bonds. The fourth-order valence-corrected chi connectivity index (χ4v) is 2.61. The summed E-state index contributed by atoms with van der Waals surface area (Å²) in [7, 11) is -0.586. The second-order valence-electron chi connectivity index (χ2n) is 4.32. The van der Waals surface area contributed by atoms with Crippen LogP contribution in [0.25, 0.3) is 0 Å².